The Morgan fingerprint density at radius 3 is 2.53 bits per heavy atom. The Kier molecular flexibility index (Phi) is 4.77. The number of benzene rings is 1. The highest BCUT2D eigenvalue weighted by Crippen LogP contribution is 2.25. The first-order valence-corrected chi connectivity index (χ1v) is 7.28. The molecule has 0 atom stereocenters. The highest BCUT2D eigenvalue weighted by molar-refractivity contribution is 7.92. The molecule has 0 heterocycles. The zero-order valence-corrected chi connectivity index (χ0v) is 11.9. The summed E-state index contributed by atoms with van der Waals surface area (Å²) in [5.41, 5.74) is 1.56. The molecule has 0 spiro atoms. The van der Waals surface area contributed by atoms with E-state index in [-0.39, 0.29) is 17.9 Å². The third-order valence-electron chi connectivity index (χ3n) is 2.61. The Labute approximate surface area is 112 Å². The number of anilines is 1. The zero-order chi connectivity index (χ0) is 14.6. The SMILES string of the molecule is COC(=O)CCS(=O)(=O)Nc1cc(C)c(O)cc1C. The standard InChI is InChI=1S/C12H17NO5S/c1-8-7-11(14)9(2)6-10(8)13-19(16,17)5-4-12(15)18-3/h6-7,13-14H,4-5H2,1-3H3. The lowest BCUT2D eigenvalue weighted by Gasteiger charge is -2.12. The molecule has 1 aromatic rings. The van der Waals surface area contributed by atoms with Gasteiger partial charge in [0.15, 0.2) is 0 Å². The molecule has 0 aromatic heterocycles. The molecule has 6 nitrogen and oxygen atoms in total. The molecular weight excluding hydrogens is 270 g/mol. The predicted molar refractivity (Wildman–Crippen MR) is 71.6 cm³/mol. The minimum absolute atomic E-state index is 0.106. The van der Waals surface area contributed by atoms with E-state index < -0.39 is 16.0 Å². The maximum Gasteiger partial charge on any atom is 0.306 e. The summed E-state index contributed by atoms with van der Waals surface area (Å²) in [5.74, 6) is -0.821. The van der Waals surface area contributed by atoms with E-state index in [2.05, 4.69) is 9.46 Å². The number of ether oxygens (including phenoxy) is 1. The van der Waals surface area contributed by atoms with Crippen LogP contribution < -0.4 is 4.72 Å². The van der Waals surface area contributed by atoms with Crippen LogP contribution in [0.2, 0.25) is 0 Å². The quantitative estimate of drug-likeness (QED) is 0.629. The number of rotatable bonds is 5. The number of carbonyl (C=O) groups excluding carboxylic acids is 1. The van der Waals surface area contributed by atoms with Gasteiger partial charge in [0.2, 0.25) is 10.0 Å². The van der Waals surface area contributed by atoms with E-state index in [9.17, 15) is 18.3 Å². The number of aryl methyl sites for hydroxylation is 2. The molecule has 1 aromatic carbocycles. The van der Waals surface area contributed by atoms with E-state index in [1.807, 2.05) is 0 Å². The summed E-state index contributed by atoms with van der Waals surface area (Å²) >= 11 is 0. The number of sulfonamides is 1. The van der Waals surface area contributed by atoms with Crippen molar-refractivity contribution in [2.45, 2.75) is 20.3 Å². The summed E-state index contributed by atoms with van der Waals surface area (Å²) in [6.45, 7) is 3.35. The van der Waals surface area contributed by atoms with Crippen molar-refractivity contribution < 1.29 is 23.1 Å². The molecule has 0 aliphatic rings. The second kappa shape index (κ2) is 5.92. The summed E-state index contributed by atoms with van der Waals surface area (Å²) in [7, 11) is -2.42. The number of nitrogens with one attached hydrogen (secondary N) is 1. The zero-order valence-electron chi connectivity index (χ0n) is 11.1. The van der Waals surface area contributed by atoms with Crippen LogP contribution in [0.4, 0.5) is 5.69 Å². The van der Waals surface area contributed by atoms with Gasteiger partial charge in [0, 0.05) is 0 Å². The maximum absolute atomic E-state index is 11.8. The van der Waals surface area contributed by atoms with Crippen LogP contribution in [-0.4, -0.2) is 32.4 Å². The molecule has 0 unspecified atom stereocenters. The van der Waals surface area contributed by atoms with Crippen molar-refractivity contribution in [2.24, 2.45) is 0 Å². The van der Waals surface area contributed by atoms with Crippen molar-refractivity contribution in [1.29, 1.82) is 0 Å². The monoisotopic (exact) mass is 287 g/mol. The fraction of sp³-hybridized carbons (Fsp3) is 0.417. The van der Waals surface area contributed by atoms with E-state index >= 15 is 0 Å². The average molecular weight is 287 g/mol. The molecule has 0 aliphatic carbocycles. The molecule has 0 radical (unpaired) electrons. The molecule has 2 N–H and O–H groups in total. The van der Waals surface area contributed by atoms with Crippen LogP contribution in [-0.2, 0) is 19.6 Å². The Morgan fingerprint density at radius 2 is 1.95 bits per heavy atom. The summed E-state index contributed by atoms with van der Waals surface area (Å²) in [4.78, 5) is 10.9. The Hall–Kier alpha value is -1.76. The van der Waals surface area contributed by atoms with Crippen molar-refractivity contribution in [3.63, 3.8) is 0 Å². The van der Waals surface area contributed by atoms with E-state index in [1.165, 1.54) is 13.2 Å². The van der Waals surface area contributed by atoms with Gasteiger partial charge in [-0.15, -0.1) is 0 Å². The van der Waals surface area contributed by atoms with Crippen molar-refractivity contribution in [1.82, 2.24) is 0 Å². The highest BCUT2D eigenvalue weighted by atomic mass is 32.2. The van der Waals surface area contributed by atoms with E-state index in [0.29, 0.717) is 16.8 Å². The van der Waals surface area contributed by atoms with E-state index in [0.717, 1.165) is 0 Å². The number of phenols is 1. The highest BCUT2D eigenvalue weighted by Gasteiger charge is 2.15. The second-order valence-electron chi connectivity index (χ2n) is 4.20. The molecule has 1 rings (SSSR count). The third-order valence-corrected chi connectivity index (χ3v) is 3.88. The van der Waals surface area contributed by atoms with Gasteiger partial charge >= 0.3 is 5.97 Å². The van der Waals surface area contributed by atoms with Crippen LogP contribution in [0.1, 0.15) is 17.5 Å². The molecule has 7 heteroatoms. The van der Waals surface area contributed by atoms with Crippen LogP contribution >= 0.6 is 0 Å². The number of hydrogen-bond acceptors (Lipinski definition) is 5. The van der Waals surface area contributed by atoms with Gasteiger partial charge in [-0.25, -0.2) is 8.42 Å². The average Bonchev–Trinajstić information content (AvgIpc) is 2.33. The lowest BCUT2D eigenvalue weighted by Crippen LogP contribution is -2.20. The normalized spacial score (nSPS) is 11.1. The number of aromatic hydroxyl groups is 1. The van der Waals surface area contributed by atoms with Crippen molar-refractivity contribution in [3.8, 4) is 5.75 Å². The number of carbonyl (C=O) groups is 1. The fourth-order valence-corrected chi connectivity index (χ4v) is 2.54. The molecule has 0 bridgehead atoms. The van der Waals surface area contributed by atoms with Crippen LogP contribution in [0.3, 0.4) is 0 Å². The van der Waals surface area contributed by atoms with Crippen LogP contribution in [0, 0.1) is 13.8 Å². The number of methoxy groups -OCH3 is 1. The van der Waals surface area contributed by atoms with Gasteiger partial charge < -0.3 is 9.84 Å². The third kappa shape index (κ3) is 4.44. The van der Waals surface area contributed by atoms with Gasteiger partial charge in [-0.3, -0.25) is 9.52 Å². The molecule has 106 valence electrons. The second-order valence-corrected chi connectivity index (χ2v) is 6.04. The molecule has 0 aliphatic heterocycles. The lowest BCUT2D eigenvalue weighted by molar-refractivity contribution is -0.140. The topological polar surface area (TPSA) is 92.7 Å². The van der Waals surface area contributed by atoms with Crippen molar-refractivity contribution in [3.05, 3.63) is 23.3 Å². The summed E-state index contributed by atoms with van der Waals surface area (Å²) < 4.78 is 30.4. The van der Waals surface area contributed by atoms with Gasteiger partial charge in [0.1, 0.15) is 5.75 Å². The number of phenolic OH excluding ortho intramolecular Hbond substituents is 1. The van der Waals surface area contributed by atoms with Crippen LogP contribution in [0.25, 0.3) is 0 Å². The first kappa shape index (κ1) is 15.3. The minimum Gasteiger partial charge on any atom is -0.508 e. The van der Waals surface area contributed by atoms with Crippen LogP contribution in [0.5, 0.6) is 5.75 Å². The molecule has 0 saturated carbocycles. The number of esters is 1. The summed E-state index contributed by atoms with van der Waals surface area (Å²) in [6, 6.07) is 3.02. The molecular formula is C12H17NO5S. The number of hydrogen-bond donors (Lipinski definition) is 2. The Morgan fingerprint density at radius 1 is 1.32 bits per heavy atom. The fourth-order valence-electron chi connectivity index (χ4n) is 1.45. The first-order valence-electron chi connectivity index (χ1n) is 5.62. The minimum atomic E-state index is -3.62. The van der Waals surface area contributed by atoms with Gasteiger partial charge in [-0.05, 0) is 37.1 Å². The molecule has 0 saturated heterocycles. The van der Waals surface area contributed by atoms with Crippen LogP contribution in [0.15, 0.2) is 12.1 Å². The molecule has 19 heavy (non-hydrogen) atoms. The van der Waals surface area contributed by atoms with Gasteiger partial charge in [0.05, 0.1) is 25.0 Å². The summed E-state index contributed by atoms with van der Waals surface area (Å²) in [5, 5.41) is 9.49. The van der Waals surface area contributed by atoms with Crippen molar-refractivity contribution in [2.75, 3.05) is 17.6 Å². The largest absolute Gasteiger partial charge is 0.508 e. The van der Waals surface area contributed by atoms with Gasteiger partial charge in [-0.2, -0.15) is 0 Å². The first-order chi connectivity index (χ1) is 8.75. The maximum atomic E-state index is 11.8. The van der Waals surface area contributed by atoms with Gasteiger partial charge in [-0.1, -0.05) is 0 Å². The Balaban J connectivity index is 2.84. The lowest BCUT2D eigenvalue weighted by atomic mass is 10.1. The molecule has 0 fully saturated rings. The van der Waals surface area contributed by atoms with E-state index in [4.69, 9.17) is 0 Å². The van der Waals surface area contributed by atoms with E-state index in [1.54, 1.807) is 19.9 Å². The van der Waals surface area contributed by atoms with Crippen molar-refractivity contribution >= 4 is 21.7 Å². The smallest absolute Gasteiger partial charge is 0.306 e. The van der Waals surface area contributed by atoms with Gasteiger partial charge in [0.25, 0.3) is 0 Å². The summed E-state index contributed by atoms with van der Waals surface area (Å²) in [6.07, 6.45) is -0.206. The Bertz CT molecular complexity index is 580. The predicted octanol–water partition coefficient (Wildman–Crippen LogP) is 1.31. The molecule has 0 amide bonds.